The molecule has 0 saturated carbocycles. The second-order valence-corrected chi connectivity index (χ2v) is 9.13. The van der Waals surface area contributed by atoms with Crippen LogP contribution in [0.25, 0.3) is 6.08 Å². The molecule has 3 rings (SSSR count). The van der Waals surface area contributed by atoms with Crippen molar-refractivity contribution in [3.8, 4) is 11.5 Å². The lowest BCUT2D eigenvalue weighted by Gasteiger charge is -2.13. The number of methoxy groups -OCH3 is 1. The van der Waals surface area contributed by atoms with Gasteiger partial charge in [0.15, 0.2) is 0 Å². The first-order valence-corrected chi connectivity index (χ1v) is 12.3. The normalized spacial score (nSPS) is 11.5. The van der Waals surface area contributed by atoms with E-state index in [1.807, 2.05) is 0 Å². The lowest BCUT2D eigenvalue weighted by atomic mass is 10.2. The zero-order valence-electron chi connectivity index (χ0n) is 19.1. The third kappa shape index (κ3) is 7.23. The summed E-state index contributed by atoms with van der Waals surface area (Å²) in [4.78, 5) is 12.6. The topological polar surface area (TPSA) is 107 Å². The van der Waals surface area contributed by atoms with Crippen LogP contribution in [0, 0.1) is 0 Å². The molecule has 0 spiro atoms. The minimum Gasteiger partial charge on any atom is -0.497 e. The van der Waals surface area contributed by atoms with Crippen molar-refractivity contribution in [3.63, 3.8) is 0 Å². The Bertz CT molecular complexity index is 1200. The van der Waals surface area contributed by atoms with Gasteiger partial charge in [0.2, 0.25) is 15.9 Å². The Morgan fingerprint density at radius 2 is 1.91 bits per heavy atom. The number of carbonyl (C=O) groups is 1. The van der Waals surface area contributed by atoms with Gasteiger partial charge in [0.05, 0.1) is 37.1 Å². The smallest absolute Gasteiger partial charge is 0.248 e. The van der Waals surface area contributed by atoms with Crippen molar-refractivity contribution in [2.24, 2.45) is 0 Å². The first kappa shape index (κ1) is 25.1. The van der Waals surface area contributed by atoms with E-state index < -0.39 is 10.0 Å². The molecular weight excluding hydrogens is 456 g/mol. The Morgan fingerprint density at radius 3 is 2.59 bits per heavy atom. The molecule has 1 aromatic heterocycles. The van der Waals surface area contributed by atoms with Crippen molar-refractivity contribution in [2.75, 3.05) is 19.0 Å². The van der Waals surface area contributed by atoms with Gasteiger partial charge >= 0.3 is 0 Å². The van der Waals surface area contributed by atoms with E-state index in [1.165, 1.54) is 24.5 Å². The van der Waals surface area contributed by atoms with E-state index in [0.29, 0.717) is 35.1 Å². The molecular formula is C25H28N2O6S. The predicted octanol–water partition coefficient (Wildman–Crippen LogP) is 4.60. The molecule has 0 atom stereocenters. The minimum absolute atomic E-state index is 0.0611. The number of unbranched alkanes of at least 4 members (excludes halogenated alkanes) is 1. The summed E-state index contributed by atoms with van der Waals surface area (Å²) in [5.41, 5.74) is 1.18. The Labute approximate surface area is 199 Å². The van der Waals surface area contributed by atoms with E-state index >= 15 is 0 Å². The molecule has 0 aliphatic carbocycles. The van der Waals surface area contributed by atoms with Crippen LogP contribution in [0.2, 0.25) is 0 Å². The number of hydrogen-bond acceptors (Lipinski definition) is 6. The van der Waals surface area contributed by atoms with E-state index in [1.54, 1.807) is 55.7 Å². The number of nitrogens with one attached hydrogen (secondary N) is 2. The molecule has 1 heterocycles. The summed E-state index contributed by atoms with van der Waals surface area (Å²) in [5.74, 6) is 1.32. The number of benzene rings is 2. The summed E-state index contributed by atoms with van der Waals surface area (Å²) in [7, 11) is -2.13. The third-order valence-electron chi connectivity index (χ3n) is 4.83. The summed E-state index contributed by atoms with van der Waals surface area (Å²) in [5, 5.41) is 2.80. The predicted molar refractivity (Wildman–Crippen MR) is 130 cm³/mol. The molecule has 0 fully saturated rings. The van der Waals surface area contributed by atoms with E-state index in [9.17, 15) is 13.2 Å². The van der Waals surface area contributed by atoms with Crippen LogP contribution < -0.4 is 19.5 Å². The second-order valence-electron chi connectivity index (χ2n) is 7.36. The zero-order chi connectivity index (χ0) is 24.4. The van der Waals surface area contributed by atoms with Gasteiger partial charge in [-0.25, -0.2) is 13.1 Å². The molecule has 3 aromatic rings. The van der Waals surface area contributed by atoms with Crippen LogP contribution in [0.15, 0.2) is 76.2 Å². The average molecular weight is 485 g/mol. The molecule has 34 heavy (non-hydrogen) atoms. The number of ether oxygens (including phenoxy) is 2. The SMILES string of the molecule is CCCCOc1ccc(OC)cc1NC(=O)/C=C/c1ccc(S(=O)(=O)NCc2ccco2)cc1. The van der Waals surface area contributed by atoms with Gasteiger partial charge in [-0.2, -0.15) is 0 Å². The maximum absolute atomic E-state index is 12.5. The quantitative estimate of drug-likeness (QED) is 0.287. The molecule has 180 valence electrons. The molecule has 8 nitrogen and oxygen atoms in total. The molecule has 2 N–H and O–H groups in total. The molecule has 0 aliphatic rings. The van der Waals surface area contributed by atoms with E-state index in [-0.39, 0.29) is 17.3 Å². The number of rotatable bonds is 12. The molecule has 0 saturated heterocycles. The average Bonchev–Trinajstić information content (AvgIpc) is 3.37. The van der Waals surface area contributed by atoms with Crippen LogP contribution in [0.4, 0.5) is 5.69 Å². The number of carbonyl (C=O) groups excluding carboxylic acids is 1. The molecule has 9 heteroatoms. The zero-order valence-corrected chi connectivity index (χ0v) is 19.9. The van der Waals surface area contributed by atoms with E-state index in [0.717, 1.165) is 12.8 Å². The fourth-order valence-corrected chi connectivity index (χ4v) is 3.95. The fraction of sp³-hybridized carbons (Fsp3) is 0.240. The lowest BCUT2D eigenvalue weighted by molar-refractivity contribution is -0.111. The molecule has 0 bridgehead atoms. The van der Waals surface area contributed by atoms with Gasteiger partial charge in [0, 0.05) is 12.1 Å². The minimum atomic E-state index is -3.69. The highest BCUT2D eigenvalue weighted by molar-refractivity contribution is 7.89. The monoisotopic (exact) mass is 484 g/mol. The number of amides is 1. The van der Waals surface area contributed by atoms with Gasteiger partial charge in [-0.05, 0) is 54.5 Å². The molecule has 1 amide bonds. The summed E-state index contributed by atoms with van der Waals surface area (Å²) < 4.78 is 43.5. The van der Waals surface area contributed by atoms with Crippen molar-refractivity contribution in [1.29, 1.82) is 0 Å². The first-order valence-electron chi connectivity index (χ1n) is 10.8. The van der Waals surface area contributed by atoms with Crippen molar-refractivity contribution in [1.82, 2.24) is 4.72 Å². The maximum atomic E-state index is 12.5. The molecule has 2 aromatic carbocycles. The van der Waals surface area contributed by atoms with Crippen molar-refractivity contribution in [2.45, 2.75) is 31.2 Å². The molecule has 0 unspecified atom stereocenters. The summed E-state index contributed by atoms with van der Waals surface area (Å²) in [6.45, 7) is 2.68. The highest BCUT2D eigenvalue weighted by atomic mass is 32.2. The number of furan rings is 1. The highest BCUT2D eigenvalue weighted by Gasteiger charge is 2.14. The maximum Gasteiger partial charge on any atom is 0.248 e. The number of hydrogen-bond donors (Lipinski definition) is 2. The summed E-state index contributed by atoms with van der Waals surface area (Å²) >= 11 is 0. The van der Waals surface area contributed by atoms with Crippen LogP contribution in [-0.2, 0) is 21.4 Å². The van der Waals surface area contributed by atoms with Gasteiger partial charge in [-0.3, -0.25) is 4.79 Å². The largest absolute Gasteiger partial charge is 0.497 e. The van der Waals surface area contributed by atoms with Gasteiger partial charge < -0.3 is 19.2 Å². The Kier molecular flexibility index (Phi) is 8.89. The third-order valence-corrected chi connectivity index (χ3v) is 6.25. The van der Waals surface area contributed by atoms with E-state index in [4.69, 9.17) is 13.9 Å². The summed E-state index contributed by atoms with van der Waals surface area (Å²) in [6, 6.07) is 14.8. The Hall–Kier alpha value is -3.56. The van der Waals surface area contributed by atoms with Crippen LogP contribution >= 0.6 is 0 Å². The number of anilines is 1. The van der Waals surface area contributed by atoms with Crippen molar-refractivity contribution in [3.05, 3.63) is 78.3 Å². The van der Waals surface area contributed by atoms with Crippen LogP contribution in [0.3, 0.4) is 0 Å². The molecule has 0 aliphatic heterocycles. The van der Waals surface area contributed by atoms with Gasteiger partial charge in [-0.1, -0.05) is 25.5 Å². The molecule has 0 radical (unpaired) electrons. The Balaban J connectivity index is 1.62. The number of sulfonamides is 1. The standard InChI is InChI=1S/C25H28N2O6S/c1-3-4-15-33-24-13-10-20(31-2)17-23(24)27-25(28)14-9-19-7-11-22(12-8-19)34(29,30)26-18-21-6-5-16-32-21/h5-14,16-17,26H,3-4,15,18H2,1-2H3,(H,27,28)/b14-9+. The van der Waals surface area contributed by atoms with Crippen molar-refractivity contribution >= 4 is 27.7 Å². The van der Waals surface area contributed by atoms with Crippen LogP contribution in [0.1, 0.15) is 31.1 Å². The first-order chi connectivity index (χ1) is 16.4. The van der Waals surface area contributed by atoms with Gasteiger partial charge in [-0.15, -0.1) is 0 Å². The van der Waals surface area contributed by atoms with Gasteiger partial charge in [0.25, 0.3) is 0 Å². The van der Waals surface area contributed by atoms with Crippen molar-refractivity contribution < 1.29 is 27.1 Å². The van der Waals surface area contributed by atoms with Gasteiger partial charge in [0.1, 0.15) is 17.3 Å². The second kappa shape index (κ2) is 12.1. The lowest BCUT2D eigenvalue weighted by Crippen LogP contribution is -2.22. The Morgan fingerprint density at radius 1 is 1.12 bits per heavy atom. The highest BCUT2D eigenvalue weighted by Crippen LogP contribution is 2.29. The van der Waals surface area contributed by atoms with Crippen LogP contribution in [0.5, 0.6) is 11.5 Å². The van der Waals surface area contributed by atoms with E-state index in [2.05, 4.69) is 17.0 Å². The van der Waals surface area contributed by atoms with Crippen LogP contribution in [-0.4, -0.2) is 28.0 Å². The fourth-order valence-electron chi connectivity index (χ4n) is 2.95. The summed E-state index contributed by atoms with van der Waals surface area (Å²) in [6.07, 6.45) is 6.35.